The minimum atomic E-state index is -1.09. The molecule has 0 fully saturated rings. The molecule has 3 aromatic rings. The number of H-pyrrole nitrogens is 1. The fourth-order valence-corrected chi connectivity index (χ4v) is 3.00. The van der Waals surface area contributed by atoms with E-state index in [9.17, 15) is 14.4 Å². The van der Waals surface area contributed by atoms with Gasteiger partial charge in [0.2, 0.25) is 5.78 Å². The number of tetrazole rings is 1. The topological polar surface area (TPSA) is 129 Å². The predicted octanol–water partition coefficient (Wildman–Crippen LogP) is 1.82. The Morgan fingerprint density at radius 2 is 1.86 bits per heavy atom. The standard InChI is InChI=1S/C19H19N5O5/c1-10-15(19(27)28-4)11(2)21-16(10)17(25)12(3)29-18(26)13-7-5-6-8-14(13)24-9-20-22-23-24/h5-9,12,21H,1-4H3. The van der Waals surface area contributed by atoms with E-state index >= 15 is 0 Å². The molecule has 0 aliphatic rings. The number of methoxy groups -OCH3 is 1. The van der Waals surface area contributed by atoms with Crippen LogP contribution < -0.4 is 0 Å². The predicted molar refractivity (Wildman–Crippen MR) is 100.0 cm³/mol. The van der Waals surface area contributed by atoms with Gasteiger partial charge in [-0.05, 0) is 48.9 Å². The van der Waals surface area contributed by atoms with Crippen LogP contribution in [-0.2, 0) is 9.47 Å². The maximum Gasteiger partial charge on any atom is 0.341 e. The minimum absolute atomic E-state index is 0.192. The van der Waals surface area contributed by atoms with Gasteiger partial charge in [-0.2, -0.15) is 4.68 Å². The summed E-state index contributed by atoms with van der Waals surface area (Å²) in [6, 6.07) is 6.59. The summed E-state index contributed by atoms with van der Waals surface area (Å²) < 4.78 is 11.4. The normalized spacial score (nSPS) is 11.7. The van der Waals surface area contributed by atoms with Crippen LogP contribution in [0, 0.1) is 13.8 Å². The number of Topliss-reactive ketones (excluding diaryl/α,β-unsaturated/α-hetero) is 1. The number of rotatable bonds is 6. The number of aromatic amines is 1. The highest BCUT2D eigenvalue weighted by Crippen LogP contribution is 2.22. The van der Waals surface area contributed by atoms with Crippen molar-refractivity contribution in [3.63, 3.8) is 0 Å². The Bertz CT molecular complexity index is 1070. The molecule has 0 saturated heterocycles. The van der Waals surface area contributed by atoms with E-state index in [2.05, 4.69) is 20.5 Å². The number of ketones is 1. The van der Waals surface area contributed by atoms with Gasteiger partial charge in [0.15, 0.2) is 6.10 Å². The first kappa shape index (κ1) is 19.9. The van der Waals surface area contributed by atoms with Gasteiger partial charge in [-0.25, -0.2) is 9.59 Å². The Hall–Kier alpha value is -3.82. The van der Waals surface area contributed by atoms with Gasteiger partial charge in [-0.15, -0.1) is 5.10 Å². The van der Waals surface area contributed by atoms with Crippen molar-refractivity contribution in [1.82, 2.24) is 25.2 Å². The summed E-state index contributed by atoms with van der Waals surface area (Å²) in [6.45, 7) is 4.76. The molecule has 0 amide bonds. The average molecular weight is 397 g/mol. The molecule has 1 aromatic carbocycles. The fraction of sp³-hybridized carbons (Fsp3) is 0.263. The van der Waals surface area contributed by atoms with Crippen molar-refractivity contribution in [2.45, 2.75) is 26.9 Å². The first-order chi connectivity index (χ1) is 13.8. The molecule has 2 heterocycles. The number of esters is 2. The number of hydrogen-bond acceptors (Lipinski definition) is 8. The van der Waals surface area contributed by atoms with E-state index in [-0.39, 0.29) is 11.3 Å². The zero-order chi connectivity index (χ0) is 21.1. The molecule has 2 aromatic heterocycles. The van der Waals surface area contributed by atoms with Crippen molar-refractivity contribution >= 4 is 17.7 Å². The van der Waals surface area contributed by atoms with Crippen molar-refractivity contribution < 1.29 is 23.9 Å². The van der Waals surface area contributed by atoms with Crippen LogP contribution in [0.5, 0.6) is 0 Å². The third kappa shape index (κ3) is 3.77. The first-order valence-corrected chi connectivity index (χ1v) is 8.70. The Labute approximate surface area is 165 Å². The molecule has 1 N–H and O–H groups in total. The quantitative estimate of drug-likeness (QED) is 0.493. The summed E-state index contributed by atoms with van der Waals surface area (Å²) in [7, 11) is 1.27. The Kier molecular flexibility index (Phi) is 5.53. The van der Waals surface area contributed by atoms with Crippen LogP contribution in [0.15, 0.2) is 30.6 Å². The number of benzene rings is 1. The van der Waals surface area contributed by atoms with Crippen LogP contribution in [0.2, 0.25) is 0 Å². The summed E-state index contributed by atoms with van der Waals surface area (Å²) in [5, 5.41) is 10.9. The third-order valence-electron chi connectivity index (χ3n) is 4.45. The van der Waals surface area contributed by atoms with Crippen LogP contribution >= 0.6 is 0 Å². The van der Waals surface area contributed by atoms with Gasteiger partial charge in [0, 0.05) is 5.69 Å². The number of ether oxygens (including phenoxy) is 2. The molecule has 1 unspecified atom stereocenters. The van der Waals surface area contributed by atoms with Crippen LogP contribution in [-0.4, -0.2) is 56.1 Å². The van der Waals surface area contributed by atoms with Crippen LogP contribution in [0.1, 0.15) is 49.4 Å². The maximum absolute atomic E-state index is 12.8. The van der Waals surface area contributed by atoms with E-state index in [0.717, 1.165) is 0 Å². The molecule has 1 atom stereocenters. The Morgan fingerprint density at radius 1 is 1.14 bits per heavy atom. The summed E-state index contributed by atoms with van der Waals surface area (Å²) in [5.41, 5.74) is 2.04. The molecule has 0 radical (unpaired) electrons. The lowest BCUT2D eigenvalue weighted by Crippen LogP contribution is -2.26. The molecular weight excluding hydrogens is 378 g/mol. The van der Waals surface area contributed by atoms with E-state index in [1.807, 2.05) is 0 Å². The van der Waals surface area contributed by atoms with E-state index in [0.29, 0.717) is 22.5 Å². The number of carbonyl (C=O) groups excluding carboxylic acids is 3. The summed E-state index contributed by atoms with van der Waals surface area (Å²) >= 11 is 0. The van der Waals surface area contributed by atoms with Crippen molar-refractivity contribution in [2.75, 3.05) is 7.11 Å². The molecule has 0 saturated carbocycles. The fourth-order valence-electron chi connectivity index (χ4n) is 3.00. The minimum Gasteiger partial charge on any atom is -0.465 e. The number of nitrogens with zero attached hydrogens (tertiary/aromatic N) is 4. The molecule has 0 aliphatic carbocycles. The molecular formula is C19H19N5O5. The highest BCUT2D eigenvalue weighted by molar-refractivity contribution is 6.04. The number of aromatic nitrogens is 5. The Balaban J connectivity index is 1.83. The summed E-state index contributed by atoms with van der Waals surface area (Å²) in [5.74, 6) is -1.71. The summed E-state index contributed by atoms with van der Waals surface area (Å²) in [6.07, 6.45) is 0.256. The van der Waals surface area contributed by atoms with Crippen LogP contribution in [0.25, 0.3) is 5.69 Å². The molecule has 150 valence electrons. The lowest BCUT2D eigenvalue weighted by molar-refractivity contribution is 0.0316. The second-order valence-corrected chi connectivity index (χ2v) is 6.30. The lowest BCUT2D eigenvalue weighted by Gasteiger charge is -2.14. The number of carbonyl (C=O) groups is 3. The van der Waals surface area contributed by atoms with Crippen molar-refractivity contribution in [3.05, 3.63) is 58.7 Å². The molecule has 3 rings (SSSR count). The number of nitrogens with one attached hydrogen (secondary N) is 1. The average Bonchev–Trinajstić information content (AvgIpc) is 3.35. The largest absolute Gasteiger partial charge is 0.465 e. The van der Waals surface area contributed by atoms with E-state index in [1.54, 1.807) is 38.1 Å². The molecule has 0 spiro atoms. The van der Waals surface area contributed by atoms with Gasteiger partial charge in [-0.1, -0.05) is 12.1 Å². The monoisotopic (exact) mass is 397 g/mol. The van der Waals surface area contributed by atoms with Gasteiger partial charge in [0.1, 0.15) is 6.33 Å². The molecule has 10 nitrogen and oxygen atoms in total. The molecule has 29 heavy (non-hydrogen) atoms. The van der Waals surface area contributed by atoms with Crippen molar-refractivity contribution in [1.29, 1.82) is 0 Å². The van der Waals surface area contributed by atoms with E-state index in [1.165, 1.54) is 25.0 Å². The van der Waals surface area contributed by atoms with Crippen molar-refractivity contribution in [2.24, 2.45) is 0 Å². The summed E-state index contributed by atoms with van der Waals surface area (Å²) in [4.78, 5) is 40.3. The first-order valence-electron chi connectivity index (χ1n) is 8.70. The maximum atomic E-state index is 12.8. The zero-order valence-electron chi connectivity index (χ0n) is 16.3. The Morgan fingerprint density at radius 3 is 2.52 bits per heavy atom. The second kappa shape index (κ2) is 8.05. The van der Waals surface area contributed by atoms with Gasteiger partial charge in [0.05, 0.1) is 29.6 Å². The van der Waals surface area contributed by atoms with Crippen LogP contribution in [0.3, 0.4) is 0 Å². The molecule has 0 bridgehead atoms. The zero-order valence-corrected chi connectivity index (χ0v) is 16.3. The highest BCUT2D eigenvalue weighted by Gasteiger charge is 2.28. The van der Waals surface area contributed by atoms with Crippen molar-refractivity contribution in [3.8, 4) is 5.69 Å². The van der Waals surface area contributed by atoms with Gasteiger partial charge in [-0.3, -0.25) is 4.79 Å². The van der Waals surface area contributed by atoms with Gasteiger partial charge >= 0.3 is 11.9 Å². The lowest BCUT2D eigenvalue weighted by atomic mass is 10.1. The smallest absolute Gasteiger partial charge is 0.341 e. The number of para-hydroxylation sites is 1. The van der Waals surface area contributed by atoms with E-state index < -0.39 is 23.8 Å². The van der Waals surface area contributed by atoms with E-state index in [4.69, 9.17) is 9.47 Å². The van der Waals surface area contributed by atoms with Gasteiger partial charge < -0.3 is 14.5 Å². The SMILES string of the molecule is COC(=O)c1c(C)[nH]c(C(=O)C(C)OC(=O)c2ccccc2-n2cnnn2)c1C. The molecule has 0 aliphatic heterocycles. The highest BCUT2D eigenvalue weighted by atomic mass is 16.5. The third-order valence-corrected chi connectivity index (χ3v) is 4.45. The number of aryl methyl sites for hydroxylation is 1. The number of hydrogen-bond donors (Lipinski definition) is 1. The van der Waals surface area contributed by atoms with Crippen LogP contribution in [0.4, 0.5) is 0 Å². The molecule has 10 heteroatoms. The van der Waals surface area contributed by atoms with Gasteiger partial charge in [0.25, 0.3) is 0 Å². The second-order valence-electron chi connectivity index (χ2n) is 6.30.